The molecule has 27 heavy (non-hydrogen) atoms. The molecule has 4 nitrogen and oxygen atoms in total. The minimum Gasteiger partial charge on any atom is -0.481 e. The van der Waals surface area contributed by atoms with Gasteiger partial charge in [-0.05, 0) is 41.8 Å². The molecule has 1 atom stereocenters. The first-order valence-corrected chi connectivity index (χ1v) is 8.45. The highest BCUT2D eigenvalue weighted by molar-refractivity contribution is 6.30. The van der Waals surface area contributed by atoms with E-state index in [9.17, 15) is 22.8 Å². The molecule has 0 aliphatic rings. The summed E-state index contributed by atoms with van der Waals surface area (Å²) in [4.78, 5) is 23.5. The lowest BCUT2D eigenvalue weighted by molar-refractivity contribution is -0.137. The first kappa shape index (κ1) is 20.8. The molecule has 0 aliphatic heterocycles. The Kier molecular flexibility index (Phi) is 6.85. The second-order valence-electron chi connectivity index (χ2n) is 5.99. The van der Waals surface area contributed by atoms with Crippen LogP contribution in [0.3, 0.4) is 0 Å². The number of carboxylic acid groups (broad SMARTS) is 1. The summed E-state index contributed by atoms with van der Waals surface area (Å²) in [6, 6.07) is 11.4. The smallest absolute Gasteiger partial charge is 0.389 e. The number of hydrogen-bond donors (Lipinski definition) is 2. The summed E-state index contributed by atoms with van der Waals surface area (Å²) >= 11 is 5.82. The molecule has 0 saturated carbocycles. The largest absolute Gasteiger partial charge is 0.481 e. The number of carbonyl (C=O) groups excluding carboxylic acids is 1. The molecule has 0 bridgehead atoms. The molecule has 144 valence electrons. The minimum atomic E-state index is -4.24. The Labute approximate surface area is 159 Å². The zero-order valence-corrected chi connectivity index (χ0v) is 14.8. The highest BCUT2D eigenvalue weighted by atomic mass is 35.5. The van der Waals surface area contributed by atoms with Crippen LogP contribution in [0.2, 0.25) is 5.02 Å². The van der Waals surface area contributed by atoms with E-state index in [1.54, 1.807) is 24.3 Å². The number of carbonyl (C=O) groups is 2. The van der Waals surface area contributed by atoms with Crippen LogP contribution in [0.5, 0.6) is 0 Å². The highest BCUT2D eigenvalue weighted by Gasteiger charge is 2.26. The number of benzene rings is 2. The Morgan fingerprint density at radius 3 is 2.15 bits per heavy atom. The Bertz CT molecular complexity index is 789. The van der Waals surface area contributed by atoms with Crippen LogP contribution in [0.15, 0.2) is 48.5 Å². The highest BCUT2D eigenvalue weighted by Crippen LogP contribution is 2.23. The minimum absolute atomic E-state index is 0.169. The molecule has 0 heterocycles. The third kappa shape index (κ3) is 6.94. The molecule has 0 aromatic heterocycles. The van der Waals surface area contributed by atoms with Gasteiger partial charge in [-0.25, -0.2) is 0 Å². The van der Waals surface area contributed by atoms with Gasteiger partial charge in [0.15, 0.2) is 0 Å². The van der Waals surface area contributed by atoms with Crippen LogP contribution in [0.25, 0.3) is 0 Å². The lowest BCUT2D eigenvalue weighted by Gasteiger charge is -2.18. The lowest BCUT2D eigenvalue weighted by Crippen LogP contribution is -2.30. The lowest BCUT2D eigenvalue weighted by atomic mass is 10.0. The maximum atomic E-state index is 12.4. The summed E-state index contributed by atoms with van der Waals surface area (Å²) in [7, 11) is 0. The number of rotatable bonds is 7. The van der Waals surface area contributed by atoms with Gasteiger partial charge in [0.1, 0.15) is 0 Å². The van der Waals surface area contributed by atoms with E-state index in [-0.39, 0.29) is 18.4 Å². The van der Waals surface area contributed by atoms with Crippen molar-refractivity contribution in [2.75, 3.05) is 0 Å². The van der Waals surface area contributed by atoms with Crippen LogP contribution in [-0.2, 0) is 11.2 Å². The third-order valence-electron chi connectivity index (χ3n) is 3.87. The molecule has 2 N–H and O–H groups in total. The topological polar surface area (TPSA) is 66.4 Å². The first-order valence-electron chi connectivity index (χ1n) is 8.08. The zero-order chi connectivity index (χ0) is 20.0. The molecule has 0 saturated heterocycles. The van der Waals surface area contributed by atoms with Crippen molar-refractivity contribution in [3.8, 4) is 0 Å². The van der Waals surface area contributed by atoms with Crippen molar-refractivity contribution in [2.45, 2.75) is 31.5 Å². The standard InChI is InChI=1S/C19H17ClF3NO3/c20-15-7-5-13(6-8-15)16(11-17(25)26)24-18(27)14-3-1-12(2-4-14)9-10-19(21,22)23/h1-8,16H,9-11H2,(H,24,27)(H,25,26)/t16-/m0/s1. The van der Waals surface area contributed by atoms with Gasteiger partial charge >= 0.3 is 12.1 Å². The van der Waals surface area contributed by atoms with E-state index < -0.39 is 30.5 Å². The predicted molar refractivity (Wildman–Crippen MR) is 94.7 cm³/mol. The van der Waals surface area contributed by atoms with E-state index in [0.717, 1.165) is 0 Å². The number of nitrogens with one attached hydrogen (secondary N) is 1. The summed E-state index contributed by atoms with van der Waals surface area (Å²) in [5.41, 5.74) is 1.27. The number of amides is 1. The van der Waals surface area contributed by atoms with E-state index in [1.807, 2.05) is 0 Å². The predicted octanol–water partition coefficient (Wildman–Crippen LogP) is 4.78. The molecular formula is C19H17ClF3NO3. The van der Waals surface area contributed by atoms with E-state index in [0.29, 0.717) is 16.1 Å². The second kappa shape index (κ2) is 8.90. The Morgan fingerprint density at radius 2 is 1.63 bits per heavy atom. The van der Waals surface area contributed by atoms with Gasteiger partial charge in [-0.15, -0.1) is 0 Å². The fourth-order valence-electron chi connectivity index (χ4n) is 2.47. The summed E-state index contributed by atoms with van der Waals surface area (Å²) in [5.74, 6) is -1.60. The van der Waals surface area contributed by atoms with Crippen LogP contribution in [0.1, 0.15) is 40.4 Å². The molecule has 2 aromatic carbocycles. The Morgan fingerprint density at radius 1 is 1.04 bits per heavy atom. The molecule has 2 rings (SSSR count). The van der Waals surface area contributed by atoms with E-state index >= 15 is 0 Å². The Balaban J connectivity index is 2.08. The summed E-state index contributed by atoms with van der Waals surface area (Å²) in [6.07, 6.45) is -5.66. The molecule has 0 spiro atoms. The monoisotopic (exact) mass is 399 g/mol. The van der Waals surface area contributed by atoms with E-state index in [2.05, 4.69) is 5.32 Å². The van der Waals surface area contributed by atoms with Crippen molar-refractivity contribution in [2.24, 2.45) is 0 Å². The maximum Gasteiger partial charge on any atom is 0.389 e. The number of hydrogen-bond acceptors (Lipinski definition) is 2. The fourth-order valence-corrected chi connectivity index (χ4v) is 2.60. The number of carboxylic acids is 1. The number of halogens is 4. The van der Waals surface area contributed by atoms with Crippen LogP contribution >= 0.6 is 11.6 Å². The van der Waals surface area contributed by atoms with Crippen molar-refractivity contribution in [1.29, 1.82) is 0 Å². The first-order chi connectivity index (χ1) is 12.6. The van der Waals surface area contributed by atoms with Crippen molar-refractivity contribution in [3.63, 3.8) is 0 Å². The quantitative estimate of drug-likeness (QED) is 0.704. The third-order valence-corrected chi connectivity index (χ3v) is 4.12. The molecule has 2 aromatic rings. The SMILES string of the molecule is O=C(O)C[C@H](NC(=O)c1ccc(CCC(F)(F)F)cc1)c1ccc(Cl)cc1. The van der Waals surface area contributed by atoms with Gasteiger partial charge in [0, 0.05) is 17.0 Å². The fraction of sp³-hybridized carbons (Fsp3) is 0.263. The van der Waals surface area contributed by atoms with Gasteiger partial charge in [-0.1, -0.05) is 35.9 Å². The summed E-state index contributed by atoms with van der Waals surface area (Å²) in [5, 5.41) is 12.2. The van der Waals surface area contributed by atoms with Crippen LogP contribution in [0, 0.1) is 0 Å². The molecule has 0 aliphatic carbocycles. The van der Waals surface area contributed by atoms with Gasteiger partial charge in [0.2, 0.25) is 0 Å². The second-order valence-corrected chi connectivity index (χ2v) is 6.42. The molecule has 1 amide bonds. The normalized spacial score (nSPS) is 12.4. The summed E-state index contributed by atoms with van der Waals surface area (Å²) < 4.78 is 36.8. The van der Waals surface area contributed by atoms with Crippen molar-refractivity contribution < 1.29 is 27.9 Å². The summed E-state index contributed by atoms with van der Waals surface area (Å²) in [6.45, 7) is 0. The zero-order valence-electron chi connectivity index (χ0n) is 14.1. The van der Waals surface area contributed by atoms with Crippen molar-refractivity contribution >= 4 is 23.5 Å². The van der Waals surface area contributed by atoms with Crippen molar-refractivity contribution in [1.82, 2.24) is 5.32 Å². The maximum absolute atomic E-state index is 12.4. The van der Waals surface area contributed by atoms with Crippen LogP contribution in [-0.4, -0.2) is 23.2 Å². The average Bonchev–Trinajstić information content (AvgIpc) is 2.59. The Hall–Kier alpha value is -2.54. The number of alkyl halides is 3. The molecule has 0 radical (unpaired) electrons. The molecular weight excluding hydrogens is 383 g/mol. The van der Waals surface area contributed by atoms with Crippen LogP contribution in [0.4, 0.5) is 13.2 Å². The van der Waals surface area contributed by atoms with E-state index in [1.165, 1.54) is 24.3 Å². The molecule has 0 unspecified atom stereocenters. The van der Waals surface area contributed by atoms with E-state index in [4.69, 9.17) is 16.7 Å². The van der Waals surface area contributed by atoms with Gasteiger partial charge in [-0.3, -0.25) is 9.59 Å². The molecule has 0 fully saturated rings. The van der Waals surface area contributed by atoms with Gasteiger partial charge in [0.05, 0.1) is 12.5 Å². The number of aryl methyl sites for hydroxylation is 1. The molecule has 8 heteroatoms. The average molecular weight is 400 g/mol. The van der Waals surface area contributed by atoms with Gasteiger partial charge < -0.3 is 10.4 Å². The van der Waals surface area contributed by atoms with Crippen LogP contribution < -0.4 is 5.32 Å². The number of aliphatic carboxylic acids is 1. The van der Waals surface area contributed by atoms with Gasteiger partial charge in [0.25, 0.3) is 5.91 Å². The van der Waals surface area contributed by atoms with Gasteiger partial charge in [-0.2, -0.15) is 13.2 Å². The van der Waals surface area contributed by atoms with Crippen molar-refractivity contribution in [3.05, 3.63) is 70.2 Å².